The van der Waals surface area contributed by atoms with Crippen molar-refractivity contribution in [3.63, 3.8) is 0 Å². The van der Waals surface area contributed by atoms with Crippen molar-refractivity contribution in [1.29, 1.82) is 0 Å². The molecule has 0 fully saturated rings. The number of methoxy groups -OCH3 is 1. The molecular formula is C9H8INO2. The maximum absolute atomic E-state index is 11.2. The zero-order valence-electron chi connectivity index (χ0n) is 7.30. The van der Waals surface area contributed by atoms with Crippen LogP contribution in [0.2, 0.25) is 0 Å². The van der Waals surface area contributed by atoms with Gasteiger partial charge in [-0.3, -0.25) is 0 Å². The van der Waals surface area contributed by atoms with Crippen molar-refractivity contribution >= 4 is 28.6 Å². The lowest BCUT2D eigenvalue weighted by Gasteiger charge is -2.01. The standard InChI is InChI=1S/C9H8INO2/c1-11-7(5-6-10)3-4-8(11)9(12)13-2/h3-4H,1-2H3. The molecule has 13 heavy (non-hydrogen) atoms. The molecule has 0 spiro atoms. The van der Waals surface area contributed by atoms with Gasteiger partial charge in [0, 0.05) is 29.6 Å². The largest absolute Gasteiger partial charge is 0.464 e. The van der Waals surface area contributed by atoms with Crippen LogP contribution >= 0.6 is 22.6 Å². The van der Waals surface area contributed by atoms with E-state index in [1.807, 2.05) is 22.6 Å². The van der Waals surface area contributed by atoms with E-state index in [4.69, 9.17) is 0 Å². The number of nitrogens with zero attached hydrogens (tertiary/aromatic N) is 1. The van der Waals surface area contributed by atoms with Crippen molar-refractivity contribution in [3.05, 3.63) is 23.5 Å². The predicted octanol–water partition coefficient (Wildman–Crippen LogP) is 1.56. The van der Waals surface area contributed by atoms with Gasteiger partial charge in [-0.05, 0) is 22.0 Å². The molecule has 0 aromatic carbocycles. The summed E-state index contributed by atoms with van der Waals surface area (Å²) >= 11 is 1.95. The maximum Gasteiger partial charge on any atom is 0.354 e. The van der Waals surface area contributed by atoms with E-state index in [0.717, 1.165) is 5.69 Å². The highest BCUT2D eigenvalue weighted by Gasteiger charge is 2.10. The molecule has 0 amide bonds. The first-order chi connectivity index (χ1) is 6.20. The summed E-state index contributed by atoms with van der Waals surface area (Å²) in [5, 5.41) is 0. The van der Waals surface area contributed by atoms with E-state index in [-0.39, 0.29) is 5.97 Å². The summed E-state index contributed by atoms with van der Waals surface area (Å²) in [6.07, 6.45) is 0. The summed E-state index contributed by atoms with van der Waals surface area (Å²) < 4.78 is 9.05. The van der Waals surface area contributed by atoms with E-state index in [1.165, 1.54) is 7.11 Å². The van der Waals surface area contributed by atoms with E-state index in [1.54, 1.807) is 23.7 Å². The fourth-order valence-corrected chi connectivity index (χ4v) is 1.27. The minimum Gasteiger partial charge on any atom is -0.464 e. The second-order valence-electron chi connectivity index (χ2n) is 2.37. The van der Waals surface area contributed by atoms with Gasteiger partial charge in [0.1, 0.15) is 5.69 Å². The SMILES string of the molecule is COC(=O)c1ccc(C#CI)n1C. The van der Waals surface area contributed by atoms with Crippen LogP contribution in [0.1, 0.15) is 16.2 Å². The quantitative estimate of drug-likeness (QED) is 0.446. The molecule has 0 aliphatic carbocycles. The van der Waals surface area contributed by atoms with Crippen LogP contribution < -0.4 is 0 Å². The lowest BCUT2D eigenvalue weighted by Crippen LogP contribution is -2.08. The van der Waals surface area contributed by atoms with E-state index in [2.05, 4.69) is 14.6 Å². The lowest BCUT2D eigenvalue weighted by atomic mass is 10.4. The summed E-state index contributed by atoms with van der Waals surface area (Å²) in [5.41, 5.74) is 1.31. The number of aromatic nitrogens is 1. The van der Waals surface area contributed by atoms with Gasteiger partial charge in [0.2, 0.25) is 0 Å². The van der Waals surface area contributed by atoms with Crippen LogP contribution in [-0.4, -0.2) is 17.6 Å². The molecule has 0 saturated carbocycles. The molecule has 0 bridgehead atoms. The van der Waals surface area contributed by atoms with Crippen LogP contribution in [-0.2, 0) is 11.8 Å². The van der Waals surface area contributed by atoms with Gasteiger partial charge in [0.15, 0.2) is 0 Å². The van der Waals surface area contributed by atoms with Gasteiger partial charge in [-0.15, -0.1) is 0 Å². The number of esters is 1. The molecule has 1 aromatic rings. The summed E-state index contributed by atoms with van der Waals surface area (Å²) in [6, 6.07) is 3.49. The summed E-state index contributed by atoms with van der Waals surface area (Å²) in [5.74, 6) is 2.52. The molecule has 1 heterocycles. The van der Waals surface area contributed by atoms with E-state index in [9.17, 15) is 4.79 Å². The number of carbonyl (C=O) groups excluding carboxylic acids is 1. The van der Waals surface area contributed by atoms with Crippen LogP contribution in [0.5, 0.6) is 0 Å². The fraction of sp³-hybridized carbons (Fsp3) is 0.222. The Kier molecular flexibility index (Phi) is 3.37. The van der Waals surface area contributed by atoms with Gasteiger partial charge in [-0.25, -0.2) is 4.79 Å². The molecule has 0 N–H and O–H groups in total. The highest BCUT2D eigenvalue weighted by Crippen LogP contribution is 2.07. The van der Waals surface area contributed by atoms with Crippen molar-refractivity contribution in [2.75, 3.05) is 7.11 Å². The number of hydrogen-bond acceptors (Lipinski definition) is 2. The van der Waals surface area contributed by atoms with Gasteiger partial charge in [-0.2, -0.15) is 0 Å². The number of ether oxygens (including phenoxy) is 1. The zero-order valence-corrected chi connectivity index (χ0v) is 9.45. The molecule has 0 atom stereocenters. The Hall–Kier alpha value is -0.960. The smallest absolute Gasteiger partial charge is 0.354 e. The van der Waals surface area contributed by atoms with Gasteiger partial charge >= 0.3 is 5.97 Å². The Morgan fingerprint density at radius 1 is 1.62 bits per heavy atom. The topological polar surface area (TPSA) is 31.2 Å². The zero-order chi connectivity index (χ0) is 9.84. The maximum atomic E-state index is 11.2. The normalized spacial score (nSPS) is 8.85. The fourth-order valence-electron chi connectivity index (χ4n) is 0.995. The first-order valence-corrected chi connectivity index (χ1v) is 4.64. The highest BCUT2D eigenvalue weighted by molar-refractivity contribution is 14.1. The Morgan fingerprint density at radius 2 is 2.31 bits per heavy atom. The van der Waals surface area contributed by atoms with Crippen LogP contribution in [0, 0.1) is 9.85 Å². The molecular weight excluding hydrogens is 281 g/mol. The molecule has 0 unspecified atom stereocenters. The Bertz CT molecular complexity index is 384. The van der Waals surface area contributed by atoms with Gasteiger partial charge in [0.25, 0.3) is 0 Å². The molecule has 3 nitrogen and oxygen atoms in total. The first-order valence-electron chi connectivity index (χ1n) is 3.56. The average Bonchev–Trinajstić information content (AvgIpc) is 2.48. The third kappa shape index (κ3) is 2.04. The van der Waals surface area contributed by atoms with E-state index >= 15 is 0 Å². The molecule has 0 radical (unpaired) electrons. The van der Waals surface area contributed by atoms with Crippen LogP contribution in [0.15, 0.2) is 12.1 Å². The van der Waals surface area contributed by atoms with Crippen LogP contribution in [0.3, 0.4) is 0 Å². The second-order valence-corrected chi connectivity index (χ2v) is 2.91. The molecule has 1 rings (SSSR count). The highest BCUT2D eigenvalue weighted by atomic mass is 127. The minimum atomic E-state index is -0.344. The molecule has 0 aliphatic rings. The Balaban J connectivity index is 3.11. The second kappa shape index (κ2) is 4.33. The van der Waals surface area contributed by atoms with Crippen molar-refractivity contribution in [2.24, 2.45) is 7.05 Å². The summed E-state index contributed by atoms with van der Waals surface area (Å²) in [7, 11) is 3.14. The molecule has 1 aromatic heterocycles. The van der Waals surface area contributed by atoms with E-state index in [0.29, 0.717) is 5.69 Å². The Morgan fingerprint density at radius 3 is 2.85 bits per heavy atom. The van der Waals surface area contributed by atoms with Crippen molar-refractivity contribution in [2.45, 2.75) is 0 Å². The number of hydrogen-bond donors (Lipinski definition) is 0. The number of halogens is 1. The van der Waals surface area contributed by atoms with Crippen molar-refractivity contribution in [1.82, 2.24) is 4.57 Å². The molecule has 0 saturated heterocycles. The predicted molar refractivity (Wildman–Crippen MR) is 57.7 cm³/mol. The monoisotopic (exact) mass is 289 g/mol. The number of carbonyl (C=O) groups is 1. The Labute approximate surface area is 90.2 Å². The van der Waals surface area contributed by atoms with Crippen LogP contribution in [0.25, 0.3) is 0 Å². The third-order valence-electron chi connectivity index (χ3n) is 1.69. The van der Waals surface area contributed by atoms with Crippen molar-refractivity contribution < 1.29 is 9.53 Å². The third-order valence-corrected chi connectivity index (χ3v) is 1.96. The summed E-state index contributed by atoms with van der Waals surface area (Å²) in [4.78, 5) is 11.2. The number of rotatable bonds is 1. The molecule has 0 aliphatic heterocycles. The van der Waals surface area contributed by atoms with Crippen molar-refractivity contribution in [3.8, 4) is 9.85 Å². The van der Waals surface area contributed by atoms with Gasteiger partial charge < -0.3 is 9.30 Å². The van der Waals surface area contributed by atoms with E-state index < -0.39 is 0 Å². The van der Waals surface area contributed by atoms with Crippen LogP contribution in [0.4, 0.5) is 0 Å². The first kappa shape index (κ1) is 10.1. The lowest BCUT2D eigenvalue weighted by molar-refractivity contribution is 0.0590. The molecule has 68 valence electrons. The average molecular weight is 289 g/mol. The van der Waals surface area contributed by atoms with Gasteiger partial charge in [-0.1, -0.05) is 0 Å². The summed E-state index contributed by atoms with van der Waals surface area (Å²) in [6.45, 7) is 0. The molecule has 4 heteroatoms. The van der Waals surface area contributed by atoms with Gasteiger partial charge in [0.05, 0.1) is 12.8 Å². The minimum absolute atomic E-state index is 0.344.